The number of aliphatic imine (C=N–C) groups is 1. The normalized spacial score (nSPS) is 11.6. The molecule has 3 rings (SSSR count). The molecule has 2 heterocycles. The van der Waals surface area contributed by atoms with Gasteiger partial charge in [0.15, 0.2) is 0 Å². The second kappa shape index (κ2) is 12.1. The number of nitrogens with zero attached hydrogens (tertiary/aromatic N) is 4. The molecule has 0 saturated heterocycles. The highest BCUT2D eigenvalue weighted by molar-refractivity contribution is 9.10. The average molecular weight is 581 g/mol. The molecule has 3 aromatic rings. The Balaban J connectivity index is 0.00000235. The molecule has 0 atom stereocenters. The summed E-state index contributed by atoms with van der Waals surface area (Å²) in [6, 6.07) is 5.23. The second-order valence-corrected chi connectivity index (χ2v) is 8.63. The molecule has 0 saturated carbocycles. The van der Waals surface area contributed by atoms with Crippen molar-refractivity contribution in [3.63, 3.8) is 0 Å². The van der Waals surface area contributed by atoms with Gasteiger partial charge in [-0.2, -0.15) is 18.3 Å². The van der Waals surface area contributed by atoms with Gasteiger partial charge in [-0.1, -0.05) is 36.4 Å². The highest BCUT2D eigenvalue weighted by Gasteiger charge is 2.34. The molecule has 0 spiro atoms. The number of carbonyl (C=O) groups excluding carboxylic acids is 2. The summed E-state index contributed by atoms with van der Waals surface area (Å²) in [5, 5.41) is 9.79. The van der Waals surface area contributed by atoms with Crippen LogP contribution in [-0.2, 0) is 17.5 Å². The van der Waals surface area contributed by atoms with E-state index in [4.69, 9.17) is 0 Å². The molecule has 0 aliphatic carbocycles. The molecule has 0 unspecified atom stereocenters. The summed E-state index contributed by atoms with van der Waals surface area (Å²) in [6.07, 6.45) is -4.72. The first-order valence-electron chi connectivity index (χ1n) is 11.3. The van der Waals surface area contributed by atoms with E-state index in [2.05, 4.69) is 48.2 Å². The predicted molar refractivity (Wildman–Crippen MR) is 142 cm³/mol. The van der Waals surface area contributed by atoms with Crippen LogP contribution < -0.4 is 10.6 Å². The van der Waals surface area contributed by atoms with Crippen LogP contribution in [0.3, 0.4) is 0 Å². The summed E-state index contributed by atoms with van der Waals surface area (Å²) < 4.78 is 42.4. The number of benzene rings is 1. The largest absolute Gasteiger partial charge is 0.433 e. The number of fused-ring (bicyclic) bond motifs is 1. The fourth-order valence-corrected chi connectivity index (χ4v) is 3.78. The van der Waals surface area contributed by atoms with Crippen LogP contribution in [0, 0.1) is 13.8 Å². The Morgan fingerprint density at radius 1 is 1.19 bits per heavy atom. The fraction of sp³-hybridized carbons (Fsp3) is 0.320. The lowest BCUT2D eigenvalue weighted by molar-refractivity contribution is -0.141. The molecule has 8 nitrogen and oxygen atoms in total. The maximum atomic E-state index is 13.4. The molecule has 0 radical (unpaired) electrons. The van der Waals surface area contributed by atoms with Crippen LogP contribution in [0.1, 0.15) is 48.2 Å². The number of pyridine rings is 1. The minimum Gasteiger partial charge on any atom is -0.354 e. The van der Waals surface area contributed by atoms with Gasteiger partial charge in [0, 0.05) is 16.9 Å². The Kier molecular flexibility index (Phi) is 9.73. The van der Waals surface area contributed by atoms with Crippen molar-refractivity contribution >= 4 is 50.0 Å². The molecular weight excluding hydrogens is 553 g/mol. The van der Waals surface area contributed by atoms with Crippen LogP contribution >= 0.6 is 15.9 Å². The molecule has 0 aliphatic rings. The maximum Gasteiger partial charge on any atom is 0.433 e. The summed E-state index contributed by atoms with van der Waals surface area (Å²) in [5.41, 5.74) is 0.624. The van der Waals surface area contributed by atoms with Crippen LogP contribution in [0.2, 0.25) is 0 Å². The minimum atomic E-state index is -4.72. The van der Waals surface area contributed by atoms with E-state index in [0.717, 1.165) is 6.07 Å². The summed E-state index contributed by atoms with van der Waals surface area (Å²) >= 11 is 3.28. The highest BCUT2D eigenvalue weighted by atomic mass is 79.9. The van der Waals surface area contributed by atoms with Crippen molar-refractivity contribution in [2.45, 2.75) is 47.3 Å². The number of aryl methyl sites for hydroxylation is 1. The average Bonchev–Trinajstić information content (AvgIpc) is 3.10. The van der Waals surface area contributed by atoms with Gasteiger partial charge in [0.2, 0.25) is 0 Å². The molecule has 0 aliphatic heterocycles. The van der Waals surface area contributed by atoms with E-state index < -0.39 is 17.8 Å². The van der Waals surface area contributed by atoms with Gasteiger partial charge < -0.3 is 10.6 Å². The summed E-state index contributed by atoms with van der Waals surface area (Å²) in [7, 11) is 1.49. The Morgan fingerprint density at radius 2 is 1.84 bits per heavy atom. The lowest BCUT2D eigenvalue weighted by Crippen LogP contribution is -2.25. The Hall–Kier alpha value is -3.54. The molecule has 2 amide bonds. The molecule has 37 heavy (non-hydrogen) atoms. The molecule has 0 bridgehead atoms. The van der Waals surface area contributed by atoms with Gasteiger partial charge in [0.05, 0.1) is 40.4 Å². The predicted octanol–water partition coefficient (Wildman–Crippen LogP) is 5.83. The van der Waals surface area contributed by atoms with Crippen molar-refractivity contribution in [2.24, 2.45) is 4.99 Å². The van der Waals surface area contributed by atoms with Crippen LogP contribution in [-0.4, -0.2) is 39.3 Å². The van der Waals surface area contributed by atoms with E-state index >= 15 is 0 Å². The molecule has 0 fully saturated rings. The molecule has 2 aromatic heterocycles. The first-order valence-corrected chi connectivity index (χ1v) is 12.1. The van der Waals surface area contributed by atoms with E-state index in [0.29, 0.717) is 27.2 Å². The molecular formula is C25H28BrF3N6O2. The highest BCUT2D eigenvalue weighted by Crippen LogP contribution is 2.32. The number of allylic oxidation sites excluding steroid dienone is 1. The number of hydrogen-bond donors (Lipinski definition) is 2. The first-order chi connectivity index (χ1) is 17.3. The Morgan fingerprint density at radius 3 is 2.43 bits per heavy atom. The van der Waals surface area contributed by atoms with E-state index in [1.165, 1.54) is 23.9 Å². The number of nitrogens with one attached hydrogen (secondary N) is 2. The van der Waals surface area contributed by atoms with E-state index in [1.54, 1.807) is 26.8 Å². The zero-order valence-electron chi connectivity index (χ0n) is 21.3. The van der Waals surface area contributed by atoms with Crippen molar-refractivity contribution in [2.75, 3.05) is 12.4 Å². The van der Waals surface area contributed by atoms with Gasteiger partial charge in [-0.15, -0.1) is 0 Å². The van der Waals surface area contributed by atoms with E-state index in [1.807, 2.05) is 13.8 Å². The SMILES string of the molecule is C=C(Cn1nc(C)c(NC(=O)c2cc(C(F)(F)F)nc3ccc(Br)cc23)c1C)N=C(C)C(=O)NC.CC. The fourth-order valence-electron chi connectivity index (χ4n) is 3.42. The van der Waals surface area contributed by atoms with Crippen LogP contribution in [0.15, 0.2) is 46.0 Å². The van der Waals surface area contributed by atoms with Crippen molar-refractivity contribution in [3.05, 3.63) is 63.7 Å². The minimum absolute atomic E-state index is 0.0398. The molecule has 1 aromatic carbocycles. The van der Waals surface area contributed by atoms with Crippen LogP contribution in [0.5, 0.6) is 0 Å². The van der Waals surface area contributed by atoms with Gasteiger partial charge in [0.25, 0.3) is 11.8 Å². The quantitative estimate of drug-likeness (QED) is 0.358. The van der Waals surface area contributed by atoms with Crippen molar-refractivity contribution in [1.29, 1.82) is 0 Å². The third-order valence-corrected chi connectivity index (χ3v) is 5.63. The van der Waals surface area contributed by atoms with E-state index in [-0.39, 0.29) is 34.6 Å². The van der Waals surface area contributed by atoms with Gasteiger partial charge in [-0.25, -0.2) is 4.98 Å². The molecule has 198 valence electrons. The lowest BCUT2D eigenvalue weighted by atomic mass is 10.1. The summed E-state index contributed by atoms with van der Waals surface area (Å²) in [4.78, 5) is 32.6. The van der Waals surface area contributed by atoms with Crippen LogP contribution in [0.4, 0.5) is 18.9 Å². The van der Waals surface area contributed by atoms with Gasteiger partial charge in [-0.05, 0) is 45.0 Å². The maximum absolute atomic E-state index is 13.4. The number of anilines is 1. The monoisotopic (exact) mass is 580 g/mol. The first kappa shape index (κ1) is 29.7. The smallest absolute Gasteiger partial charge is 0.354 e. The summed E-state index contributed by atoms with van der Waals surface area (Å²) in [6.45, 7) is 12.9. The number of amides is 2. The molecule has 12 heteroatoms. The third kappa shape index (κ3) is 7.03. The van der Waals surface area contributed by atoms with Crippen LogP contribution in [0.25, 0.3) is 10.9 Å². The number of carbonyl (C=O) groups is 2. The Bertz CT molecular complexity index is 1380. The number of aromatic nitrogens is 3. The van der Waals surface area contributed by atoms with Gasteiger partial charge in [-0.3, -0.25) is 19.3 Å². The lowest BCUT2D eigenvalue weighted by Gasteiger charge is -2.13. The summed E-state index contributed by atoms with van der Waals surface area (Å²) in [5.74, 6) is -1.08. The zero-order valence-corrected chi connectivity index (χ0v) is 22.9. The second-order valence-electron chi connectivity index (χ2n) is 7.71. The zero-order chi connectivity index (χ0) is 28.1. The Labute approximate surface area is 221 Å². The van der Waals surface area contributed by atoms with Crippen molar-refractivity contribution in [1.82, 2.24) is 20.1 Å². The van der Waals surface area contributed by atoms with Crippen molar-refractivity contribution < 1.29 is 22.8 Å². The van der Waals surface area contributed by atoms with Crippen molar-refractivity contribution in [3.8, 4) is 0 Å². The molecule has 2 N–H and O–H groups in total. The van der Waals surface area contributed by atoms with E-state index in [9.17, 15) is 22.8 Å². The third-order valence-electron chi connectivity index (χ3n) is 5.14. The van der Waals surface area contributed by atoms with Gasteiger partial charge in [0.1, 0.15) is 11.4 Å². The standard InChI is InChI=1S/C23H22BrF3N6O2.C2H6/c1-11(29-13(3)21(34)28-5)10-33-14(4)20(12(2)32-33)31-22(35)17-9-19(23(25,26)27)30-18-7-6-15(24)8-16(17)18;1-2/h6-9H,1,10H2,2-5H3,(H,28,34)(H,31,35);1-2H3. The number of rotatable bonds is 6. The number of alkyl halides is 3. The number of hydrogen-bond acceptors (Lipinski definition) is 5. The number of halogens is 4. The topological polar surface area (TPSA) is 101 Å². The van der Waals surface area contributed by atoms with Gasteiger partial charge >= 0.3 is 6.18 Å².